The van der Waals surface area contributed by atoms with Crippen molar-refractivity contribution in [2.24, 2.45) is 5.92 Å². The summed E-state index contributed by atoms with van der Waals surface area (Å²) in [5.74, 6) is 0.633. The van der Waals surface area contributed by atoms with Crippen LogP contribution >= 0.6 is 23.1 Å². The third-order valence-corrected chi connectivity index (χ3v) is 5.95. The van der Waals surface area contributed by atoms with Gasteiger partial charge in [-0.1, -0.05) is 6.92 Å². The molecule has 0 saturated heterocycles. The smallest absolute Gasteiger partial charge is 0.245 e. The van der Waals surface area contributed by atoms with Gasteiger partial charge in [-0.05, 0) is 36.2 Å². The number of nitrogens with one attached hydrogen (secondary N) is 1. The average Bonchev–Trinajstić information content (AvgIpc) is 2.85. The standard InChI is InChI=1S/C16H17N3O2S2/c1-10-2-3-11-12(7-17)16(23-13(11)6-10)18-14(20)8-19-4-5-22-9-15(19)21/h4-5,10H,2-3,6,8-9H2,1H3,(H,18,20). The van der Waals surface area contributed by atoms with Gasteiger partial charge < -0.3 is 10.2 Å². The Kier molecular flexibility index (Phi) is 4.74. The fraction of sp³-hybridized carbons (Fsp3) is 0.438. The first-order valence-corrected chi connectivity index (χ1v) is 9.37. The minimum atomic E-state index is -0.266. The van der Waals surface area contributed by atoms with E-state index in [0.29, 0.717) is 22.2 Å². The van der Waals surface area contributed by atoms with Gasteiger partial charge in [-0.3, -0.25) is 9.59 Å². The molecule has 1 aromatic heterocycles. The molecule has 0 fully saturated rings. The second-order valence-electron chi connectivity index (χ2n) is 5.83. The minimum absolute atomic E-state index is 0.0142. The van der Waals surface area contributed by atoms with Gasteiger partial charge in [-0.2, -0.15) is 5.26 Å². The van der Waals surface area contributed by atoms with Crippen molar-refractivity contribution in [1.82, 2.24) is 4.90 Å². The molecule has 3 rings (SSSR count). The summed E-state index contributed by atoms with van der Waals surface area (Å²) in [6.07, 6.45) is 4.57. The second kappa shape index (κ2) is 6.77. The number of hydrogen-bond donors (Lipinski definition) is 1. The number of rotatable bonds is 3. The Labute approximate surface area is 143 Å². The quantitative estimate of drug-likeness (QED) is 0.912. The first kappa shape index (κ1) is 16.1. The van der Waals surface area contributed by atoms with Crippen LogP contribution < -0.4 is 5.32 Å². The van der Waals surface area contributed by atoms with Crippen molar-refractivity contribution >= 4 is 39.9 Å². The number of fused-ring (bicyclic) bond motifs is 1. The fourth-order valence-corrected chi connectivity index (χ4v) is 4.84. The molecule has 1 aliphatic carbocycles. The van der Waals surface area contributed by atoms with Gasteiger partial charge in [0.1, 0.15) is 17.6 Å². The van der Waals surface area contributed by atoms with Crippen LogP contribution in [0, 0.1) is 17.2 Å². The maximum Gasteiger partial charge on any atom is 0.245 e. The van der Waals surface area contributed by atoms with Crippen LogP contribution in [0.3, 0.4) is 0 Å². The van der Waals surface area contributed by atoms with Crippen molar-refractivity contribution in [1.29, 1.82) is 5.26 Å². The molecule has 0 saturated carbocycles. The van der Waals surface area contributed by atoms with E-state index in [-0.39, 0.29) is 18.4 Å². The largest absolute Gasteiger partial charge is 0.315 e. The maximum absolute atomic E-state index is 12.2. The summed E-state index contributed by atoms with van der Waals surface area (Å²) in [7, 11) is 0. The lowest BCUT2D eigenvalue weighted by atomic mass is 9.89. The highest BCUT2D eigenvalue weighted by Gasteiger charge is 2.25. The molecule has 1 aromatic rings. The van der Waals surface area contributed by atoms with Crippen molar-refractivity contribution in [3.05, 3.63) is 27.6 Å². The molecule has 120 valence electrons. The zero-order valence-electron chi connectivity index (χ0n) is 12.8. The molecule has 0 bridgehead atoms. The second-order valence-corrected chi connectivity index (χ2v) is 7.83. The number of carbonyl (C=O) groups excluding carboxylic acids is 2. The van der Waals surface area contributed by atoms with E-state index in [9.17, 15) is 14.9 Å². The lowest BCUT2D eigenvalue weighted by Crippen LogP contribution is -2.36. The highest BCUT2D eigenvalue weighted by Crippen LogP contribution is 2.39. The van der Waals surface area contributed by atoms with Crippen LogP contribution in [-0.2, 0) is 22.4 Å². The maximum atomic E-state index is 12.2. The van der Waals surface area contributed by atoms with E-state index in [1.54, 1.807) is 11.6 Å². The van der Waals surface area contributed by atoms with Gasteiger partial charge in [0.05, 0.1) is 11.3 Å². The van der Waals surface area contributed by atoms with Crippen LogP contribution in [0.25, 0.3) is 0 Å². The van der Waals surface area contributed by atoms with Gasteiger partial charge in [0.2, 0.25) is 11.8 Å². The molecule has 1 atom stereocenters. The summed E-state index contributed by atoms with van der Waals surface area (Å²) in [6, 6.07) is 2.23. The molecule has 7 heteroatoms. The van der Waals surface area contributed by atoms with E-state index in [2.05, 4.69) is 18.3 Å². The molecule has 1 aliphatic heterocycles. The Morgan fingerprint density at radius 1 is 1.57 bits per heavy atom. The molecule has 23 heavy (non-hydrogen) atoms. The average molecular weight is 347 g/mol. The van der Waals surface area contributed by atoms with E-state index >= 15 is 0 Å². The fourth-order valence-electron chi connectivity index (χ4n) is 2.82. The van der Waals surface area contributed by atoms with Gasteiger partial charge in [0, 0.05) is 11.1 Å². The van der Waals surface area contributed by atoms with Crippen molar-refractivity contribution in [2.75, 3.05) is 17.6 Å². The van der Waals surface area contributed by atoms with Crippen LogP contribution in [0.4, 0.5) is 5.00 Å². The highest BCUT2D eigenvalue weighted by atomic mass is 32.2. The van der Waals surface area contributed by atoms with E-state index in [1.165, 1.54) is 32.9 Å². The molecule has 5 nitrogen and oxygen atoms in total. The predicted octanol–water partition coefficient (Wildman–Crippen LogP) is 2.73. The number of carbonyl (C=O) groups is 2. The first-order chi connectivity index (χ1) is 11.1. The lowest BCUT2D eigenvalue weighted by molar-refractivity contribution is -0.129. The molecule has 0 spiro atoms. The molecule has 2 heterocycles. The summed E-state index contributed by atoms with van der Waals surface area (Å²) < 4.78 is 0. The number of amides is 2. The van der Waals surface area contributed by atoms with E-state index < -0.39 is 0 Å². The monoisotopic (exact) mass is 347 g/mol. The van der Waals surface area contributed by atoms with E-state index in [0.717, 1.165) is 24.8 Å². The van der Waals surface area contributed by atoms with Gasteiger partial charge in [-0.15, -0.1) is 23.1 Å². The third kappa shape index (κ3) is 3.43. The molecule has 2 aliphatic rings. The van der Waals surface area contributed by atoms with Gasteiger partial charge in [0.25, 0.3) is 0 Å². The lowest BCUT2D eigenvalue weighted by Gasteiger charge is -2.20. The van der Waals surface area contributed by atoms with Crippen molar-refractivity contribution in [3.8, 4) is 6.07 Å². The van der Waals surface area contributed by atoms with Crippen LogP contribution in [-0.4, -0.2) is 29.0 Å². The van der Waals surface area contributed by atoms with Crippen LogP contribution in [0.2, 0.25) is 0 Å². The molecular formula is C16H17N3O2S2. The van der Waals surface area contributed by atoms with Crippen LogP contribution in [0.5, 0.6) is 0 Å². The van der Waals surface area contributed by atoms with E-state index in [4.69, 9.17) is 0 Å². The number of hydrogen-bond acceptors (Lipinski definition) is 5. The Morgan fingerprint density at radius 3 is 3.13 bits per heavy atom. The van der Waals surface area contributed by atoms with Crippen molar-refractivity contribution in [2.45, 2.75) is 26.2 Å². The molecule has 2 amide bonds. The highest BCUT2D eigenvalue weighted by molar-refractivity contribution is 8.02. The molecule has 0 radical (unpaired) electrons. The summed E-state index contributed by atoms with van der Waals surface area (Å²) >= 11 is 2.92. The van der Waals surface area contributed by atoms with Crippen LogP contribution in [0.1, 0.15) is 29.3 Å². The van der Waals surface area contributed by atoms with Gasteiger partial charge in [-0.25, -0.2) is 0 Å². The summed E-state index contributed by atoms with van der Waals surface area (Å²) in [6.45, 7) is 2.19. The van der Waals surface area contributed by atoms with Crippen molar-refractivity contribution < 1.29 is 9.59 Å². The third-order valence-electron chi connectivity index (χ3n) is 4.05. The zero-order chi connectivity index (χ0) is 16.4. The summed E-state index contributed by atoms with van der Waals surface area (Å²) in [5, 5.41) is 14.7. The van der Waals surface area contributed by atoms with Crippen LogP contribution in [0.15, 0.2) is 11.6 Å². The minimum Gasteiger partial charge on any atom is -0.315 e. The Bertz CT molecular complexity index is 718. The Morgan fingerprint density at radius 2 is 2.39 bits per heavy atom. The summed E-state index contributed by atoms with van der Waals surface area (Å²) in [5.41, 5.74) is 1.69. The molecule has 1 unspecified atom stereocenters. The number of nitrogens with zero attached hydrogens (tertiary/aromatic N) is 2. The number of anilines is 1. The number of thiophene rings is 1. The van der Waals surface area contributed by atoms with E-state index in [1.807, 2.05) is 0 Å². The summed E-state index contributed by atoms with van der Waals surface area (Å²) in [4.78, 5) is 26.6. The van der Waals surface area contributed by atoms with Gasteiger partial charge in [0.15, 0.2) is 0 Å². The topological polar surface area (TPSA) is 73.2 Å². The SMILES string of the molecule is CC1CCc2c(sc(NC(=O)CN3C=CSCC3=O)c2C#N)C1. The molecule has 0 aromatic carbocycles. The molecule has 1 N–H and O–H groups in total. The number of thioether (sulfide) groups is 1. The van der Waals surface area contributed by atoms with Crippen molar-refractivity contribution in [3.63, 3.8) is 0 Å². The molecular weight excluding hydrogens is 330 g/mol. The first-order valence-electron chi connectivity index (χ1n) is 7.50. The predicted molar refractivity (Wildman–Crippen MR) is 92.2 cm³/mol. The zero-order valence-corrected chi connectivity index (χ0v) is 14.4. The Hall–Kier alpha value is -1.78. The van der Waals surface area contributed by atoms with Gasteiger partial charge >= 0.3 is 0 Å². The number of nitriles is 1. The Balaban J connectivity index is 1.74. The normalized spacial score (nSPS) is 20.1.